The molecule has 1 atom stereocenters. The Balaban J connectivity index is 1.37. The van der Waals surface area contributed by atoms with E-state index in [2.05, 4.69) is 15.2 Å². The maximum absolute atomic E-state index is 13.3. The van der Waals surface area contributed by atoms with Crippen molar-refractivity contribution < 1.29 is 9.59 Å². The molecule has 3 heterocycles. The number of aryl methyl sites for hydroxylation is 1. The van der Waals surface area contributed by atoms with Crippen LogP contribution in [0.4, 0.5) is 10.3 Å². The molecule has 31 heavy (non-hydrogen) atoms. The van der Waals surface area contributed by atoms with Gasteiger partial charge in [-0.05, 0) is 32.4 Å². The lowest BCUT2D eigenvalue weighted by Crippen LogP contribution is -2.51. The minimum absolute atomic E-state index is 0.0410. The number of nitrogens with one attached hydrogen (secondary N) is 1. The summed E-state index contributed by atoms with van der Waals surface area (Å²) >= 11 is 2.90. The molecule has 2 aliphatic rings. The first kappa shape index (κ1) is 20.3. The van der Waals surface area contributed by atoms with Gasteiger partial charge in [-0.15, -0.1) is 11.3 Å². The Bertz CT molecular complexity index is 1120. The lowest BCUT2D eigenvalue weighted by Gasteiger charge is -2.37. The maximum Gasteiger partial charge on any atom is 0.250 e. The third-order valence-electron chi connectivity index (χ3n) is 5.66. The van der Waals surface area contributed by atoms with Crippen molar-refractivity contribution in [2.45, 2.75) is 25.8 Å². The van der Waals surface area contributed by atoms with Gasteiger partial charge in [0, 0.05) is 24.4 Å². The van der Waals surface area contributed by atoms with E-state index in [1.807, 2.05) is 49.7 Å². The second-order valence-electron chi connectivity index (χ2n) is 8.00. The van der Waals surface area contributed by atoms with Gasteiger partial charge in [0.05, 0.1) is 16.3 Å². The van der Waals surface area contributed by atoms with E-state index in [4.69, 9.17) is 4.98 Å². The first-order valence-electron chi connectivity index (χ1n) is 10.3. The zero-order valence-corrected chi connectivity index (χ0v) is 19.0. The minimum atomic E-state index is -0.309. The van der Waals surface area contributed by atoms with Crippen LogP contribution in [0.5, 0.6) is 0 Å². The number of likely N-dealkylation sites (N-methyl/N-ethyl adjacent to an activating group) is 1. The van der Waals surface area contributed by atoms with Crippen LogP contribution in [0.1, 0.15) is 30.1 Å². The van der Waals surface area contributed by atoms with Crippen LogP contribution in [-0.4, -0.2) is 46.8 Å². The predicted octanol–water partition coefficient (Wildman–Crippen LogP) is 3.94. The van der Waals surface area contributed by atoms with Gasteiger partial charge in [0.15, 0.2) is 10.3 Å². The standard InChI is InChI=1S/C22H23N5O2S2/c1-13-18(31-21(23-13)25-19(28)15-8-9-15)16-12-30-22(24-16)27-11-10-26(2)17(20(27)29)14-6-4-3-5-7-14/h3-7,12,15,17H,8-11H2,1-2H3,(H,23,25,28). The SMILES string of the molecule is Cc1nc(NC(=O)C2CC2)sc1-c1csc(N2CCN(C)C(c3ccccc3)C2=O)n1. The number of hydrogen-bond acceptors (Lipinski definition) is 7. The Morgan fingerprint density at radius 3 is 2.68 bits per heavy atom. The van der Waals surface area contributed by atoms with Crippen molar-refractivity contribution in [1.29, 1.82) is 0 Å². The Morgan fingerprint density at radius 1 is 1.16 bits per heavy atom. The van der Waals surface area contributed by atoms with E-state index >= 15 is 0 Å². The van der Waals surface area contributed by atoms with Gasteiger partial charge in [0.25, 0.3) is 5.91 Å². The summed E-state index contributed by atoms with van der Waals surface area (Å²) in [4.78, 5) is 39.5. The fourth-order valence-electron chi connectivity index (χ4n) is 3.79. The van der Waals surface area contributed by atoms with Gasteiger partial charge in [0.1, 0.15) is 6.04 Å². The fourth-order valence-corrected chi connectivity index (χ4v) is 5.64. The molecule has 0 radical (unpaired) electrons. The highest BCUT2D eigenvalue weighted by atomic mass is 32.1. The van der Waals surface area contributed by atoms with E-state index in [0.717, 1.165) is 41.2 Å². The summed E-state index contributed by atoms with van der Waals surface area (Å²) in [7, 11) is 1.98. The summed E-state index contributed by atoms with van der Waals surface area (Å²) in [5.74, 6) is 0.229. The van der Waals surface area contributed by atoms with Gasteiger partial charge in [-0.2, -0.15) is 0 Å². The van der Waals surface area contributed by atoms with Crippen LogP contribution in [-0.2, 0) is 9.59 Å². The Kier molecular flexibility index (Phi) is 5.33. The fraction of sp³-hybridized carbons (Fsp3) is 0.364. The molecule has 1 aliphatic carbocycles. The van der Waals surface area contributed by atoms with Gasteiger partial charge in [-0.1, -0.05) is 41.7 Å². The summed E-state index contributed by atoms with van der Waals surface area (Å²) in [5, 5.41) is 6.19. The van der Waals surface area contributed by atoms with E-state index in [1.165, 1.54) is 22.7 Å². The van der Waals surface area contributed by atoms with Crippen molar-refractivity contribution in [1.82, 2.24) is 14.9 Å². The molecule has 0 spiro atoms. The Labute approximate surface area is 188 Å². The number of carbonyl (C=O) groups excluding carboxylic acids is 2. The third-order valence-corrected chi connectivity index (χ3v) is 7.62. The van der Waals surface area contributed by atoms with Gasteiger partial charge < -0.3 is 5.32 Å². The zero-order valence-electron chi connectivity index (χ0n) is 17.4. The summed E-state index contributed by atoms with van der Waals surface area (Å²) < 4.78 is 0. The number of aromatic nitrogens is 2. The van der Waals surface area contributed by atoms with Crippen molar-refractivity contribution in [3.63, 3.8) is 0 Å². The van der Waals surface area contributed by atoms with Crippen LogP contribution in [0.15, 0.2) is 35.7 Å². The predicted molar refractivity (Wildman–Crippen MR) is 123 cm³/mol. The molecule has 1 unspecified atom stereocenters. The third kappa shape index (κ3) is 4.00. The summed E-state index contributed by atoms with van der Waals surface area (Å²) in [6.07, 6.45) is 1.92. The van der Waals surface area contributed by atoms with E-state index < -0.39 is 0 Å². The second kappa shape index (κ2) is 8.14. The van der Waals surface area contributed by atoms with E-state index in [9.17, 15) is 9.59 Å². The van der Waals surface area contributed by atoms with Crippen molar-refractivity contribution in [3.8, 4) is 10.6 Å². The Hall–Kier alpha value is -2.62. The highest BCUT2D eigenvalue weighted by Gasteiger charge is 2.36. The minimum Gasteiger partial charge on any atom is -0.302 e. The van der Waals surface area contributed by atoms with Crippen LogP contribution in [0, 0.1) is 12.8 Å². The number of hydrogen-bond donors (Lipinski definition) is 1. The topological polar surface area (TPSA) is 78.4 Å². The summed E-state index contributed by atoms with van der Waals surface area (Å²) in [5.41, 5.74) is 2.62. The van der Waals surface area contributed by atoms with Gasteiger partial charge >= 0.3 is 0 Å². The average Bonchev–Trinajstić information content (AvgIpc) is 3.40. The molecule has 7 nitrogen and oxygen atoms in total. The molecule has 5 rings (SSSR count). The quantitative estimate of drug-likeness (QED) is 0.633. The molecule has 160 valence electrons. The van der Waals surface area contributed by atoms with E-state index in [1.54, 1.807) is 4.90 Å². The molecule has 1 N–H and O–H groups in total. The summed E-state index contributed by atoms with van der Waals surface area (Å²) in [6.45, 7) is 3.30. The number of amides is 2. The van der Waals surface area contributed by atoms with Crippen LogP contribution in [0.25, 0.3) is 10.6 Å². The first-order chi connectivity index (χ1) is 15.0. The van der Waals surface area contributed by atoms with Gasteiger partial charge in [-0.25, -0.2) is 9.97 Å². The first-order valence-corrected chi connectivity index (χ1v) is 12.0. The second-order valence-corrected chi connectivity index (χ2v) is 9.83. The number of thiazole rings is 2. The monoisotopic (exact) mass is 453 g/mol. The van der Waals surface area contributed by atoms with Crippen LogP contribution >= 0.6 is 22.7 Å². The normalized spacial score (nSPS) is 19.6. The molecule has 1 saturated carbocycles. The molecule has 1 aliphatic heterocycles. The largest absolute Gasteiger partial charge is 0.302 e. The smallest absolute Gasteiger partial charge is 0.250 e. The molecule has 3 aromatic rings. The molecule has 1 aromatic carbocycles. The van der Waals surface area contributed by atoms with Crippen LogP contribution in [0.2, 0.25) is 0 Å². The molecule has 1 saturated heterocycles. The zero-order chi connectivity index (χ0) is 21.5. The molecule has 9 heteroatoms. The lowest BCUT2D eigenvalue weighted by molar-refractivity contribution is -0.125. The van der Waals surface area contributed by atoms with Gasteiger partial charge in [-0.3, -0.25) is 19.4 Å². The van der Waals surface area contributed by atoms with Gasteiger partial charge in [0.2, 0.25) is 5.91 Å². The highest BCUT2D eigenvalue weighted by molar-refractivity contribution is 7.20. The molecule has 0 bridgehead atoms. The van der Waals surface area contributed by atoms with Crippen molar-refractivity contribution in [3.05, 3.63) is 47.0 Å². The maximum atomic E-state index is 13.3. The van der Waals surface area contributed by atoms with Crippen molar-refractivity contribution in [2.24, 2.45) is 5.92 Å². The van der Waals surface area contributed by atoms with Crippen LogP contribution in [0.3, 0.4) is 0 Å². The average molecular weight is 454 g/mol. The summed E-state index contributed by atoms with van der Waals surface area (Å²) in [6, 6.07) is 9.56. The number of anilines is 2. The molecular formula is C22H23N5O2S2. The number of benzene rings is 1. The van der Waals surface area contributed by atoms with Crippen molar-refractivity contribution >= 4 is 44.8 Å². The molecule has 2 aromatic heterocycles. The Morgan fingerprint density at radius 2 is 1.94 bits per heavy atom. The van der Waals surface area contributed by atoms with E-state index in [-0.39, 0.29) is 23.8 Å². The number of piperazine rings is 1. The molecule has 2 fully saturated rings. The van der Waals surface area contributed by atoms with Crippen LogP contribution < -0.4 is 10.2 Å². The number of nitrogens with zero attached hydrogens (tertiary/aromatic N) is 4. The lowest BCUT2D eigenvalue weighted by atomic mass is 10.0. The number of rotatable bonds is 5. The number of carbonyl (C=O) groups is 2. The van der Waals surface area contributed by atoms with Crippen molar-refractivity contribution in [2.75, 3.05) is 30.4 Å². The highest BCUT2D eigenvalue weighted by Crippen LogP contribution is 2.38. The molecular weight excluding hydrogens is 430 g/mol. The molecule has 2 amide bonds. The van der Waals surface area contributed by atoms with E-state index in [0.29, 0.717) is 16.8 Å².